The molecule has 14 heavy (non-hydrogen) atoms. The molecule has 0 bridgehead atoms. The van der Waals surface area contributed by atoms with E-state index in [9.17, 15) is 5.11 Å². The number of hydrogen-bond acceptors (Lipinski definition) is 3. The van der Waals surface area contributed by atoms with Crippen LogP contribution in [-0.4, -0.2) is 31.7 Å². The second-order valence-electron chi connectivity index (χ2n) is 3.65. The monoisotopic (exact) mass is 204 g/mol. The third-order valence-electron chi connectivity index (χ3n) is 2.51. The Hall–Kier alpha value is -0.120. The SMILES string of the molecule is CCC[C@H](O)[C@@H](CCC)C(OC)OC. The van der Waals surface area contributed by atoms with Crippen molar-refractivity contribution in [2.45, 2.75) is 51.9 Å². The molecule has 0 heterocycles. The summed E-state index contributed by atoms with van der Waals surface area (Å²) in [6.07, 6.45) is 3.18. The maximum atomic E-state index is 9.91. The fourth-order valence-electron chi connectivity index (χ4n) is 1.80. The van der Waals surface area contributed by atoms with Crippen LogP contribution in [0.25, 0.3) is 0 Å². The van der Waals surface area contributed by atoms with E-state index < -0.39 is 0 Å². The largest absolute Gasteiger partial charge is 0.393 e. The minimum Gasteiger partial charge on any atom is -0.393 e. The molecule has 2 atom stereocenters. The molecule has 0 aliphatic heterocycles. The number of methoxy groups -OCH3 is 2. The second-order valence-corrected chi connectivity index (χ2v) is 3.65. The predicted octanol–water partition coefficient (Wildman–Crippen LogP) is 2.18. The van der Waals surface area contributed by atoms with Crippen molar-refractivity contribution in [2.75, 3.05) is 14.2 Å². The number of ether oxygens (including phenoxy) is 2. The number of hydrogen-bond donors (Lipinski definition) is 1. The van der Waals surface area contributed by atoms with E-state index in [0.29, 0.717) is 0 Å². The lowest BCUT2D eigenvalue weighted by Crippen LogP contribution is -2.34. The lowest BCUT2D eigenvalue weighted by atomic mass is 9.93. The predicted molar refractivity (Wildman–Crippen MR) is 57.1 cm³/mol. The van der Waals surface area contributed by atoms with Crippen molar-refractivity contribution in [3.63, 3.8) is 0 Å². The Labute approximate surface area is 87.4 Å². The van der Waals surface area contributed by atoms with Crippen molar-refractivity contribution in [3.05, 3.63) is 0 Å². The van der Waals surface area contributed by atoms with Crippen LogP contribution in [0.3, 0.4) is 0 Å². The number of rotatable bonds is 8. The fourth-order valence-corrected chi connectivity index (χ4v) is 1.80. The van der Waals surface area contributed by atoms with Gasteiger partial charge in [0.15, 0.2) is 6.29 Å². The molecular formula is C11H24O3. The Morgan fingerprint density at radius 1 is 1.00 bits per heavy atom. The Balaban J connectivity index is 4.23. The molecular weight excluding hydrogens is 180 g/mol. The molecule has 0 aliphatic rings. The molecule has 0 aliphatic carbocycles. The van der Waals surface area contributed by atoms with Gasteiger partial charge in [0.05, 0.1) is 6.10 Å². The number of aliphatic hydroxyl groups excluding tert-OH is 1. The van der Waals surface area contributed by atoms with Gasteiger partial charge >= 0.3 is 0 Å². The highest BCUT2D eigenvalue weighted by Gasteiger charge is 2.26. The molecule has 0 saturated carbocycles. The van der Waals surface area contributed by atoms with E-state index in [1.54, 1.807) is 14.2 Å². The molecule has 0 aromatic heterocycles. The minimum atomic E-state index is -0.315. The molecule has 0 saturated heterocycles. The molecule has 0 radical (unpaired) electrons. The summed E-state index contributed by atoms with van der Waals surface area (Å²) in [7, 11) is 3.24. The van der Waals surface area contributed by atoms with Gasteiger partial charge in [-0.3, -0.25) is 0 Å². The highest BCUT2D eigenvalue weighted by atomic mass is 16.7. The zero-order valence-electron chi connectivity index (χ0n) is 9.82. The molecule has 0 aromatic rings. The minimum absolute atomic E-state index is 0.0925. The Bertz CT molecular complexity index is 124. The average molecular weight is 204 g/mol. The van der Waals surface area contributed by atoms with Crippen molar-refractivity contribution in [1.82, 2.24) is 0 Å². The van der Waals surface area contributed by atoms with Crippen molar-refractivity contribution in [1.29, 1.82) is 0 Å². The second kappa shape index (κ2) is 8.21. The van der Waals surface area contributed by atoms with Gasteiger partial charge in [0, 0.05) is 20.1 Å². The van der Waals surface area contributed by atoms with E-state index in [4.69, 9.17) is 9.47 Å². The zero-order valence-corrected chi connectivity index (χ0v) is 9.82. The first-order chi connectivity index (χ1) is 6.71. The van der Waals surface area contributed by atoms with E-state index in [2.05, 4.69) is 13.8 Å². The molecule has 0 rings (SSSR count). The highest BCUT2D eigenvalue weighted by molar-refractivity contribution is 4.71. The first kappa shape index (κ1) is 13.9. The Morgan fingerprint density at radius 3 is 1.86 bits per heavy atom. The summed E-state index contributed by atoms with van der Waals surface area (Å²) >= 11 is 0. The molecule has 3 nitrogen and oxygen atoms in total. The van der Waals surface area contributed by atoms with Gasteiger partial charge in [-0.25, -0.2) is 0 Å². The maximum absolute atomic E-state index is 9.91. The number of aliphatic hydroxyl groups is 1. The van der Waals surface area contributed by atoms with Crippen LogP contribution in [0.2, 0.25) is 0 Å². The third-order valence-corrected chi connectivity index (χ3v) is 2.51. The van der Waals surface area contributed by atoms with Crippen LogP contribution in [-0.2, 0) is 9.47 Å². The Morgan fingerprint density at radius 2 is 1.50 bits per heavy atom. The van der Waals surface area contributed by atoms with E-state index >= 15 is 0 Å². The van der Waals surface area contributed by atoms with Crippen LogP contribution >= 0.6 is 0 Å². The quantitative estimate of drug-likeness (QED) is 0.616. The van der Waals surface area contributed by atoms with Gasteiger partial charge in [0.2, 0.25) is 0 Å². The average Bonchev–Trinajstić information content (AvgIpc) is 2.18. The van der Waals surface area contributed by atoms with Crippen LogP contribution in [0.4, 0.5) is 0 Å². The van der Waals surface area contributed by atoms with E-state index in [-0.39, 0.29) is 18.3 Å². The molecule has 3 heteroatoms. The lowest BCUT2D eigenvalue weighted by Gasteiger charge is -2.28. The van der Waals surface area contributed by atoms with E-state index in [0.717, 1.165) is 25.7 Å². The van der Waals surface area contributed by atoms with Gasteiger partial charge in [-0.1, -0.05) is 26.7 Å². The summed E-state index contributed by atoms with van der Waals surface area (Å²) in [6.45, 7) is 4.18. The normalized spacial score (nSPS) is 15.9. The van der Waals surface area contributed by atoms with E-state index in [1.807, 2.05) is 0 Å². The molecule has 0 fully saturated rings. The Kier molecular flexibility index (Phi) is 8.14. The smallest absolute Gasteiger partial charge is 0.162 e. The van der Waals surface area contributed by atoms with Gasteiger partial charge in [-0.2, -0.15) is 0 Å². The van der Waals surface area contributed by atoms with Crippen LogP contribution < -0.4 is 0 Å². The van der Waals surface area contributed by atoms with Crippen molar-refractivity contribution < 1.29 is 14.6 Å². The summed E-state index contributed by atoms with van der Waals surface area (Å²) in [5, 5.41) is 9.91. The van der Waals surface area contributed by atoms with Crippen LogP contribution in [0.5, 0.6) is 0 Å². The van der Waals surface area contributed by atoms with E-state index in [1.165, 1.54) is 0 Å². The van der Waals surface area contributed by atoms with Gasteiger partial charge in [0.1, 0.15) is 0 Å². The molecule has 0 unspecified atom stereocenters. The van der Waals surface area contributed by atoms with Gasteiger partial charge in [-0.05, 0) is 12.8 Å². The summed E-state index contributed by atoms with van der Waals surface area (Å²) in [4.78, 5) is 0. The topological polar surface area (TPSA) is 38.7 Å². The summed E-state index contributed by atoms with van der Waals surface area (Å²) in [5.74, 6) is 0.0925. The van der Waals surface area contributed by atoms with Crippen LogP contribution in [0.15, 0.2) is 0 Å². The standard InChI is InChI=1S/C11H24O3/c1-5-7-9(10(12)8-6-2)11(13-3)14-4/h9-12H,5-8H2,1-4H3/t9-,10+/m1/s1. The first-order valence-corrected chi connectivity index (χ1v) is 5.44. The highest BCUT2D eigenvalue weighted by Crippen LogP contribution is 2.22. The van der Waals surface area contributed by atoms with Gasteiger partial charge in [0.25, 0.3) is 0 Å². The van der Waals surface area contributed by atoms with Gasteiger partial charge < -0.3 is 14.6 Å². The van der Waals surface area contributed by atoms with Crippen LogP contribution in [0.1, 0.15) is 39.5 Å². The van der Waals surface area contributed by atoms with Crippen molar-refractivity contribution >= 4 is 0 Å². The molecule has 0 spiro atoms. The molecule has 1 N–H and O–H groups in total. The summed E-state index contributed by atoms with van der Waals surface area (Å²) in [5.41, 5.74) is 0. The zero-order chi connectivity index (χ0) is 11.0. The lowest BCUT2D eigenvalue weighted by molar-refractivity contribution is -0.163. The summed E-state index contributed by atoms with van der Waals surface area (Å²) < 4.78 is 10.4. The van der Waals surface area contributed by atoms with Gasteiger partial charge in [-0.15, -0.1) is 0 Å². The third kappa shape index (κ3) is 4.40. The summed E-state index contributed by atoms with van der Waals surface area (Å²) in [6, 6.07) is 0. The fraction of sp³-hybridized carbons (Fsp3) is 1.00. The molecule has 86 valence electrons. The first-order valence-electron chi connectivity index (χ1n) is 5.44. The molecule has 0 amide bonds. The maximum Gasteiger partial charge on any atom is 0.162 e. The molecule has 0 aromatic carbocycles. The van der Waals surface area contributed by atoms with Crippen molar-refractivity contribution in [2.24, 2.45) is 5.92 Å². The van der Waals surface area contributed by atoms with Crippen molar-refractivity contribution in [3.8, 4) is 0 Å². The van der Waals surface area contributed by atoms with Crippen LogP contribution in [0, 0.1) is 5.92 Å².